The van der Waals surface area contributed by atoms with Crippen molar-refractivity contribution >= 4 is 11.9 Å². The van der Waals surface area contributed by atoms with Gasteiger partial charge < -0.3 is 14.7 Å². The van der Waals surface area contributed by atoms with Crippen molar-refractivity contribution in [2.75, 3.05) is 19.7 Å². The van der Waals surface area contributed by atoms with Crippen LogP contribution in [-0.4, -0.2) is 41.6 Å². The predicted octanol–water partition coefficient (Wildman–Crippen LogP) is 1.86. The van der Waals surface area contributed by atoms with Gasteiger partial charge in [-0.05, 0) is 43.0 Å². The van der Waals surface area contributed by atoms with Crippen molar-refractivity contribution in [1.29, 1.82) is 0 Å². The molecule has 1 aromatic carbocycles. The lowest BCUT2D eigenvalue weighted by atomic mass is 9.99. The normalized spacial score (nSPS) is 21.4. The number of carbonyl (C=O) groups excluding carboxylic acids is 1. The Bertz CT molecular complexity index is 535. The van der Waals surface area contributed by atoms with Crippen LogP contribution in [0.25, 0.3) is 0 Å². The Morgan fingerprint density at radius 1 is 1.24 bits per heavy atom. The summed E-state index contributed by atoms with van der Waals surface area (Å²) < 4.78 is 5.53. The number of nitrogens with zero attached hydrogens (tertiary/aromatic N) is 1. The van der Waals surface area contributed by atoms with Crippen LogP contribution in [0.5, 0.6) is 5.75 Å². The molecule has 1 amide bonds. The van der Waals surface area contributed by atoms with E-state index in [1.54, 1.807) is 4.90 Å². The van der Waals surface area contributed by atoms with E-state index in [0.29, 0.717) is 12.3 Å². The maximum absolute atomic E-state index is 12.1. The molecule has 0 spiro atoms. The molecule has 21 heavy (non-hydrogen) atoms. The Kier molecular flexibility index (Phi) is 4.50. The van der Waals surface area contributed by atoms with E-state index in [9.17, 15) is 9.59 Å². The summed E-state index contributed by atoms with van der Waals surface area (Å²) in [6.45, 7) is 6.50. The van der Waals surface area contributed by atoms with E-state index in [2.05, 4.69) is 0 Å². The SMILES string of the molecule is Cc1cc(C)cc(OCC(=O)N2CC(C)C(C(=O)O)C2)c1. The molecule has 1 aliphatic heterocycles. The minimum atomic E-state index is -0.840. The van der Waals surface area contributed by atoms with E-state index in [1.807, 2.05) is 39.0 Å². The van der Waals surface area contributed by atoms with Crippen molar-refractivity contribution in [2.24, 2.45) is 11.8 Å². The summed E-state index contributed by atoms with van der Waals surface area (Å²) in [6, 6.07) is 5.80. The maximum Gasteiger partial charge on any atom is 0.308 e. The zero-order valence-electron chi connectivity index (χ0n) is 12.6. The number of carbonyl (C=O) groups is 2. The van der Waals surface area contributed by atoms with E-state index < -0.39 is 11.9 Å². The number of likely N-dealkylation sites (tertiary alicyclic amines) is 1. The first-order valence-corrected chi connectivity index (χ1v) is 7.08. The number of carboxylic acid groups (broad SMARTS) is 1. The number of rotatable bonds is 4. The maximum atomic E-state index is 12.1. The molecule has 5 heteroatoms. The molecule has 114 valence electrons. The first-order valence-electron chi connectivity index (χ1n) is 7.08. The van der Waals surface area contributed by atoms with Gasteiger partial charge in [0.2, 0.25) is 0 Å². The molecule has 0 saturated carbocycles. The fourth-order valence-corrected chi connectivity index (χ4v) is 2.74. The lowest BCUT2D eigenvalue weighted by Crippen LogP contribution is -2.33. The highest BCUT2D eigenvalue weighted by molar-refractivity contribution is 5.80. The number of ether oxygens (including phenoxy) is 1. The van der Waals surface area contributed by atoms with Gasteiger partial charge in [0, 0.05) is 13.1 Å². The number of hydrogen-bond donors (Lipinski definition) is 1. The number of aryl methyl sites for hydroxylation is 2. The molecule has 5 nitrogen and oxygen atoms in total. The van der Waals surface area contributed by atoms with Gasteiger partial charge in [-0.15, -0.1) is 0 Å². The number of amides is 1. The Balaban J connectivity index is 1.92. The third kappa shape index (κ3) is 3.74. The second-order valence-corrected chi connectivity index (χ2v) is 5.83. The first-order chi connectivity index (χ1) is 9.86. The van der Waals surface area contributed by atoms with Crippen LogP contribution in [0.2, 0.25) is 0 Å². The van der Waals surface area contributed by atoms with E-state index >= 15 is 0 Å². The molecular formula is C16H21NO4. The first kappa shape index (κ1) is 15.4. The number of carboxylic acids is 1. The van der Waals surface area contributed by atoms with Gasteiger partial charge in [-0.2, -0.15) is 0 Å². The highest BCUT2D eigenvalue weighted by Gasteiger charge is 2.36. The van der Waals surface area contributed by atoms with Gasteiger partial charge in [-0.1, -0.05) is 13.0 Å². The Labute approximate surface area is 124 Å². The minimum Gasteiger partial charge on any atom is -0.484 e. The zero-order valence-corrected chi connectivity index (χ0v) is 12.6. The molecule has 1 aromatic rings. The van der Waals surface area contributed by atoms with Crippen LogP contribution in [0.15, 0.2) is 18.2 Å². The van der Waals surface area contributed by atoms with Crippen molar-refractivity contribution in [3.05, 3.63) is 29.3 Å². The van der Waals surface area contributed by atoms with Crippen LogP contribution >= 0.6 is 0 Å². The van der Waals surface area contributed by atoms with Crippen molar-refractivity contribution in [2.45, 2.75) is 20.8 Å². The topological polar surface area (TPSA) is 66.8 Å². The molecule has 1 aliphatic rings. The van der Waals surface area contributed by atoms with Crippen molar-refractivity contribution in [1.82, 2.24) is 4.90 Å². The summed E-state index contributed by atoms with van der Waals surface area (Å²) in [5.74, 6) is -0.830. The van der Waals surface area contributed by atoms with Crippen molar-refractivity contribution in [3.63, 3.8) is 0 Å². The highest BCUT2D eigenvalue weighted by Crippen LogP contribution is 2.23. The summed E-state index contributed by atoms with van der Waals surface area (Å²) >= 11 is 0. The van der Waals surface area contributed by atoms with Gasteiger partial charge in [0.25, 0.3) is 5.91 Å². The molecule has 0 bridgehead atoms. The summed E-state index contributed by atoms with van der Waals surface area (Å²) in [4.78, 5) is 24.8. The van der Waals surface area contributed by atoms with E-state index in [-0.39, 0.29) is 25.0 Å². The standard InChI is InChI=1S/C16H21NO4/c1-10-4-11(2)6-13(5-10)21-9-15(18)17-7-12(3)14(8-17)16(19)20/h4-6,12,14H,7-9H2,1-3H3,(H,19,20). The second-order valence-electron chi connectivity index (χ2n) is 5.83. The average molecular weight is 291 g/mol. The zero-order chi connectivity index (χ0) is 15.6. The van der Waals surface area contributed by atoms with E-state index in [1.165, 1.54) is 0 Å². The number of benzene rings is 1. The minimum absolute atomic E-state index is 0.0207. The fourth-order valence-electron chi connectivity index (χ4n) is 2.74. The molecule has 0 aromatic heterocycles. The van der Waals surface area contributed by atoms with E-state index in [0.717, 1.165) is 11.1 Å². The molecule has 0 radical (unpaired) electrons. The average Bonchev–Trinajstić information content (AvgIpc) is 2.77. The van der Waals surface area contributed by atoms with Gasteiger partial charge >= 0.3 is 5.97 Å². The molecule has 1 N–H and O–H groups in total. The fraction of sp³-hybridized carbons (Fsp3) is 0.500. The molecule has 0 aliphatic carbocycles. The lowest BCUT2D eigenvalue weighted by Gasteiger charge is -2.16. The van der Waals surface area contributed by atoms with Crippen LogP contribution in [0.3, 0.4) is 0 Å². The summed E-state index contributed by atoms with van der Waals surface area (Å²) in [5, 5.41) is 9.08. The van der Waals surface area contributed by atoms with Gasteiger partial charge in [0.05, 0.1) is 5.92 Å². The largest absolute Gasteiger partial charge is 0.484 e. The lowest BCUT2D eigenvalue weighted by molar-refractivity contribution is -0.142. The molecule has 2 atom stereocenters. The Hall–Kier alpha value is -2.04. The third-order valence-electron chi connectivity index (χ3n) is 3.84. The van der Waals surface area contributed by atoms with Crippen LogP contribution < -0.4 is 4.74 Å². The third-order valence-corrected chi connectivity index (χ3v) is 3.84. The smallest absolute Gasteiger partial charge is 0.308 e. The molecular weight excluding hydrogens is 270 g/mol. The predicted molar refractivity (Wildman–Crippen MR) is 78.3 cm³/mol. The molecule has 1 fully saturated rings. The highest BCUT2D eigenvalue weighted by atomic mass is 16.5. The summed E-state index contributed by atoms with van der Waals surface area (Å²) in [5.41, 5.74) is 2.16. The molecule has 2 rings (SSSR count). The monoisotopic (exact) mass is 291 g/mol. The Morgan fingerprint density at radius 3 is 2.38 bits per heavy atom. The van der Waals surface area contributed by atoms with Crippen LogP contribution in [0, 0.1) is 25.7 Å². The van der Waals surface area contributed by atoms with Crippen LogP contribution in [-0.2, 0) is 9.59 Å². The summed E-state index contributed by atoms with van der Waals surface area (Å²) in [7, 11) is 0. The molecule has 1 heterocycles. The second kappa shape index (κ2) is 6.16. The van der Waals surface area contributed by atoms with E-state index in [4.69, 9.17) is 9.84 Å². The van der Waals surface area contributed by atoms with Gasteiger partial charge in [-0.25, -0.2) is 0 Å². The summed E-state index contributed by atoms with van der Waals surface area (Å²) in [6.07, 6.45) is 0. The van der Waals surface area contributed by atoms with Crippen molar-refractivity contribution in [3.8, 4) is 5.75 Å². The number of hydrogen-bond acceptors (Lipinski definition) is 3. The molecule has 2 unspecified atom stereocenters. The van der Waals surface area contributed by atoms with Crippen LogP contribution in [0.1, 0.15) is 18.1 Å². The number of aliphatic carboxylic acids is 1. The van der Waals surface area contributed by atoms with Gasteiger partial charge in [0.1, 0.15) is 5.75 Å². The van der Waals surface area contributed by atoms with Gasteiger partial charge in [-0.3, -0.25) is 9.59 Å². The molecule has 1 saturated heterocycles. The Morgan fingerprint density at radius 2 is 1.86 bits per heavy atom. The van der Waals surface area contributed by atoms with Gasteiger partial charge in [0.15, 0.2) is 6.61 Å². The van der Waals surface area contributed by atoms with Crippen molar-refractivity contribution < 1.29 is 19.4 Å². The quantitative estimate of drug-likeness (QED) is 0.919. The van der Waals surface area contributed by atoms with Crippen LogP contribution in [0.4, 0.5) is 0 Å².